The highest BCUT2D eigenvalue weighted by atomic mass is 16.4. The molecule has 0 aromatic heterocycles. The van der Waals surface area contributed by atoms with Gasteiger partial charge in [0.25, 0.3) is 0 Å². The van der Waals surface area contributed by atoms with E-state index >= 15 is 0 Å². The minimum absolute atomic E-state index is 0.184. The van der Waals surface area contributed by atoms with Crippen molar-refractivity contribution < 1.29 is 29.4 Å². The summed E-state index contributed by atoms with van der Waals surface area (Å²) in [5.74, 6) is -3.31. The first-order valence-corrected chi connectivity index (χ1v) is 11.7. The van der Waals surface area contributed by atoms with E-state index < -0.39 is 48.1 Å². The molecule has 188 valence electrons. The second-order valence-corrected chi connectivity index (χ2v) is 8.84. The molecule has 0 saturated carbocycles. The number of carbonyl (C=O) groups excluding carboxylic acids is 3. The van der Waals surface area contributed by atoms with Gasteiger partial charge in [-0.25, -0.2) is 4.79 Å². The minimum Gasteiger partial charge on any atom is -0.480 e. The zero-order valence-electron chi connectivity index (χ0n) is 19.9. The van der Waals surface area contributed by atoms with Crippen molar-refractivity contribution >= 4 is 23.7 Å². The van der Waals surface area contributed by atoms with Gasteiger partial charge in [0.15, 0.2) is 0 Å². The fourth-order valence-electron chi connectivity index (χ4n) is 3.82. The fraction of sp³-hybridized carbons (Fsp3) is 0.583. The number of carboxylic acid groups (broad SMARTS) is 1. The number of hydrogen-bond donors (Lipinski definition) is 6. The number of carbonyl (C=O) groups is 4. The van der Waals surface area contributed by atoms with E-state index in [1.165, 1.54) is 6.92 Å². The van der Waals surface area contributed by atoms with Crippen molar-refractivity contribution in [1.29, 1.82) is 0 Å². The van der Waals surface area contributed by atoms with Crippen LogP contribution < -0.4 is 21.3 Å². The highest BCUT2D eigenvalue weighted by Crippen LogP contribution is 2.10. The maximum absolute atomic E-state index is 13.2. The fourth-order valence-corrected chi connectivity index (χ4v) is 3.82. The number of aliphatic hydroxyl groups excluding tert-OH is 1. The van der Waals surface area contributed by atoms with E-state index in [0.29, 0.717) is 12.8 Å². The van der Waals surface area contributed by atoms with Crippen LogP contribution in [0.25, 0.3) is 0 Å². The number of benzene rings is 1. The number of aliphatic hydroxyl groups is 1. The lowest BCUT2D eigenvalue weighted by Gasteiger charge is -2.28. The lowest BCUT2D eigenvalue weighted by atomic mass is 9.98. The molecule has 1 aromatic rings. The summed E-state index contributed by atoms with van der Waals surface area (Å²) in [5, 5.41) is 30.4. The molecular weight excluding hydrogens is 440 g/mol. The van der Waals surface area contributed by atoms with Crippen molar-refractivity contribution in [3.05, 3.63) is 35.9 Å². The Kier molecular flexibility index (Phi) is 10.5. The summed E-state index contributed by atoms with van der Waals surface area (Å²) in [4.78, 5) is 50.3. The Morgan fingerprint density at radius 3 is 2.21 bits per heavy atom. The molecule has 1 heterocycles. The molecule has 3 amide bonds. The van der Waals surface area contributed by atoms with E-state index in [-0.39, 0.29) is 18.2 Å². The molecule has 6 N–H and O–H groups in total. The average molecular weight is 477 g/mol. The van der Waals surface area contributed by atoms with Gasteiger partial charge in [-0.15, -0.1) is 0 Å². The van der Waals surface area contributed by atoms with Crippen LogP contribution in [0.15, 0.2) is 30.3 Å². The zero-order chi connectivity index (χ0) is 25.3. The van der Waals surface area contributed by atoms with Crippen LogP contribution in [-0.4, -0.2) is 70.7 Å². The molecule has 10 nitrogen and oxygen atoms in total. The van der Waals surface area contributed by atoms with Gasteiger partial charge in [-0.05, 0) is 37.8 Å². The molecule has 1 aliphatic heterocycles. The van der Waals surface area contributed by atoms with Crippen molar-refractivity contribution in [3.63, 3.8) is 0 Å². The highest BCUT2D eigenvalue weighted by Gasteiger charge is 2.34. The van der Waals surface area contributed by atoms with E-state index in [2.05, 4.69) is 21.3 Å². The van der Waals surface area contributed by atoms with Crippen molar-refractivity contribution in [2.24, 2.45) is 5.92 Å². The van der Waals surface area contributed by atoms with Gasteiger partial charge < -0.3 is 31.5 Å². The lowest BCUT2D eigenvalue weighted by Crippen LogP contribution is -2.60. The minimum atomic E-state index is -1.39. The summed E-state index contributed by atoms with van der Waals surface area (Å²) in [6, 6.07) is 5.18. The summed E-state index contributed by atoms with van der Waals surface area (Å²) < 4.78 is 0. The van der Waals surface area contributed by atoms with Crippen molar-refractivity contribution in [2.45, 2.75) is 76.7 Å². The SMILES string of the molecule is CCC(C)C(NC(=O)C(NC(=O)C(Cc1ccccc1)NC(=O)C1CCCN1)C(C)O)C(=O)O. The predicted molar refractivity (Wildman–Crippen MR) is 126 cm³/mol. The van der Waals surface area contributed by atoms with Gasteiger partial charge in [0.2, 0.25) is 17.7 Å². The molecule has 1 aromatic carbocycles. The Morgan fingerprint density at radius 2 is 1.68 bits per heavy atom. The molecule has 10 heteroatoms. The molecule has 0 aliphatic carbocycles. The molecule has 0 spiro atoms. The van der Waals surface area contributed by atoms with Crippen LogP contribution in [0.1, 0.15) is 45.6 Å². The first-order valence-electron chi connectivity index (χ1n) is 11.7. The van der Waals surface area contributed by atoms with E-state index in [9.17, 15) is 29.4 Å². The second-order valence-electron chi connectivity index (χ2n) is 8.84. The topological polar surface area (TPSA) is 157 Å². The maximum atomic E-state index is 13.2. The Bertz CT molecular complexity index is 841. The number of aliphatic carboxylic acids is 1. The summed E-state index contributed by atoms with van der Waals surface area (Å²) in [5.41, 5.74) is 0.808. The third-order valence-electron chi connectivity index (χ3n) is 6.13. The quantitative estimate of drug-likeness (QED) is 0.247. The molecular formula is C24H36N4O6. The third-order valence-corrected chi connectivity index (χ3v) is 6.13. The van der Waals surface area contributed by atoms with Gasteiger partial charge in [0.1, 0.15) is 18.1 Å². The molecule has 0 bridgehead atoms. The molecule has 1 aliphatic rings. The van der Waals surface area contributed by atoms with Crippen LogP contribution in [0.5, 0.6) is 0 Å². The number of amides is 3. The summed E-state index contributed by atoms with van der Waals surface area (Å²) in [7, 11) is 0. The molecule has 0 radical (unpaired) electrons. The monoisotopic (exact) mass is 476 g/mol. The Morgan fingerprint density at radius 1 is 1.03 bits per heavy atom. The molecule has 6 unspecified atom stereocenters. The van der Waals surface area contributed by atoms with Crippen LogP contribution in [0, 0.1) is 5.92 Å². The standard InChI is InChI=1S/C24H36N4O6/c1-4-14(2)19(24(33)34)27-23(32)20(15(3)29)28-22(31)18(13-16-9-6-5-7-10-16)26-21(30)17-11-8-12-25-17/h5-7,9-10,14-15,17-20,25,29H,4,8,11-13H2,1-3H3,(H,26,30)(H,27,32)(H,28,31)(H,33,34). The van der Waals surface area contributed by atoms with Gasteiger partial charge in [0.05, 0.1) is 12.1 Å². The Labute approximate surface area is 199 Å². The number of carboxylic acids is 1. The van der Waals surface area contributed by atoms with Gasteiger partial charge in [-0.1, -0.05) is 50.6 Å². The molecule has 2 rings (SSSR count). The normalized spacial score (nSPS) is 19.8. The largest absolute Gasteiger partial charge is 0.480 e. The van der Waals surface area contributed by atoms with Gasteiger partial charge >= 0.3 is 5.97 Å². The summed E-state index contributed by atoms with van der Waals surface area (Å²) >= 11 is 0. The van der Waals surface area contributed by atoms with Gasteiger partial charge in [-0.3, -0.25) is 14.4 Å². The number of nitrogens with one attached hydrogen (secondary N) is 4. The van der Waals surface area contributed by atoms with Crippen LogP contribution >= 0.6 is 0 Å². The van der Waals surface area contributed by atoms with Crippen LogP contribution in [0.3, 0.4) is 0 Å². The van der Waals surface area contributed by atoms with Crippen LogP contribution in [0.4, 0.5) is 0 Å². The molecule has 6 atom stereocenters. The van der Waals surface area contributed by atoms with E-state index in [1.807, 2.05) is 30.3 Å². The lowest BCUT2D eigenvalue weighted by molar-refractivity contribution is -0.144. The van der Waals surface area contributed by atoms with Gasteiger partial charge in [-0.2, -0.15) is 0 Å². The van der Waals surface area contributed by atoms with E-state index in [4.69, 9.17) is 0 Å². The average Bonchev–Trinajstić information content (AvgIpc) is 3.35. The van der Waals surface area contributed by atoms with E-state index in [0.717, 1.165) is 18.5 Å². The predicted octanol–water partition coefficient (Wildman–Crippen LogP) is -0.0530. The summed E-state index contributed by atoms with van der Waals surface area (Å²) in [6.07, 6.45) is 0.933. The third kappa shape index (κ3) is 7.81. The van der Waals surface area contributed by atoms with Crippen molar-refractivity contribution in [2.75, 3.05) is 6.54 Å². The van der Waals surface area contributed by atoms with Crippen molar-refractivity contribution in [1.82, 2.24) is 21.3 Å². The number of rotatable bonds is 12. The smallest absolute Gasteiger partial charge is 0.326 e. The highest BCUT2D eigenvalue weighted by molar-refractivity contribution is 5.94. The van der Waals surface area contributed by atoms with Crippen molar-refractivity contribution in [3.8, 4) is 0 Å². The first kappa shape index (κ1) is 27.3. The van der Waals surface area contributed by atoms with Gasteiger partial charge in [0, 0.05) is 6.42 Å². The Balaban J connectivity index is 2.17. The molecule has 1 saturated heterocycles. The first-order chi connectivity index (χ1) is 16.1. The van der Waals surface area contributed by atoms with E-state index in [1.54, 1.807) is 13.8 Å². The summed E-state index contributed by atoms with van der Waals surface area (Å²) in [6.45, 7) is 5.55. The molecule has 34 heavy (non-hydrogen) atoms. The van der Waals surface area contributed by atoms with Crippen LogP contribution in [0.2, 0.25) is 0 Å². The molecule has 1 fully saturated rings. The second kappa shape index (κ2) is 13.0. The Hall–Kier alpha value is -2.98. The van der Waals surface area contributed by atoms with Crippen LogP contribution in [-0.2, 0) is 25.6 Å². The maximum Gasteiger partial charge on any atom is 0.326 e. The number of hydrogen-bond acceptors (Lipinski definition) is 6. The zero-order valence-corrected chi connectivity index (χ0v) is 19.9.